The molecule has 40 heavy (non-hydrogen) atoms. The molecule has 208 valence electrons. The molecule has 0 saturated carbocycles. The number of benzene rings is 2. The van der Waals surface area contributed by atoms with Crippen LogP contribution in [0.4, 0.5) is 23.0 Å². The lowest BCUT2D eigenvalue weighted by Crippen LogP contribution is -2.04. The highest BCUT2D eigenvalue weighted by atomic mass is 35.5. The molecule has 0 amide bonds. The fourth-order valence-electron chi connectivity index (χ4n) is 3.33. The van der Waals surface area contributed by atoms with Crippen LogP contribution in [0, 0.1) is 0 Å². The van der Waals surface area contributed by atoms with Crippen LogP contribution < -0.4 is 10.6 Å². The molecule has 2 aromatic carbocycles. The van der Waals surface area contributed by atoms with Gasteiger partial charge < -0.3 is 10.6 Å². The third-order valence-corrected chi connectivity index (χ3v) is 7.45. The van der Waals surface area contributed by atoms with E-state index in [9.17, 15) is 25.9 Å². The van der Waals surface area contributed by atoms with Gasteiger partial charge in [-0.15, -0.1) is 0 Å². The van der Waals surface area contributed by atoms with Gasteiger partial charge in [-0.1, -0.05) is 47.5 Å². The van der Waals surface area contributed by atoms with E-state index in [-0.39, 0.29) is 55.0 Å². The molecule has 0 bridgehead atoms. The van der Waals surface area contributed by atoms with E-state index >= 15 is 0 Å². The zero-order chi connectivity index (χ0) is 29.2. The predicted octanol–water partition coefficient (Wildman–Crippen LogP) is 6.03. The molecule has 4 aromatic rings. The van der Waals surface area contributed by atoms with Crippen molar-refractivity contribution in [3.05, 3.63) is 80.5 Å². The Bertz CT molecular complexity index is 1700. The Morgan fingerprint density at radius 1 is 0.600 bits per heavy atom. The van der Waals surface area contributed by atoms with Crippen molar-refractivity contribution in [2.75, 3.05) is 10.6 Å². The first-order valence-corrected chi connectivity index (χ1v) is 14.9. The molecule has 2 heterocycles. The first-order chi connectivity index (χ1) is 18.7. The van der Waals surface area contributed by atoms with Crippen LogP contribution in [-0.4, -0.2) is 45.9 Å². The zero-order valence-corrected chi connectivity index (χ0v) is 24.1. The Balaban J connectivity index is 1.69. The van der Waals surface area contributed by atoms with Gasteiger partial charge in [-0.25, -0.2) is 19.9 Å². The standard InChI is InChI=1S/C22H14Cl4N6O6S2/c23-17-9-19(31-21(25)29-17)27-13-5-3-11(15(7-13)39(33,34)35)1-2-12-4-6-14(8-16(12)40(36,37)38)28-20-10-18(24)30-22(26)32-20/h1-10H,(H,27,29,31)(H,28,30,32)(H,33,34,35)(H,36,37,38). The predicted molar refractivity (Wildman–Crippen MR) is 152 cm³/mol. The number of nitrogens with zero attached hydrogens (tertiary/aromatic N) is 4. The summed E-state index contributed by atoms with van der Waals surface area (Å²) >= 11 is 23.3. The van der Waals surface area contributed by atoms with Crippen molar-refractivity contribution in [2.24, 2.45) is 0 Å². The summed E-state index contributed by atoms with van der Waals surface area (Å²) in [5.74, 6) is 0.320. The lowest BCUT2D eigenvalue weighted by atomic mass is 10.1. The van der Waals surface area contributed by atoms with E-state index in [1.165, 1.54) is 48.6 Å². The van der Waals surface area contributed by atoms with Gasteiger partial charge in [-0.05, 0) is 58.6 Å². The van der Waals surface area contributed by atoms with Gasteiger partial charge in [0.05, 0.1) is 0 Å². The number of anilines is 4. The Kier molecular flexibility index (Phi) is 8.82. The summed E-state index contributed by atoms with van der Waals surface area (Å²) in [6.07, 6.45) is 2.48. The van der Waals surface area contributed by atoms with Gasteiger partial charge in [0.15, 0.2) is 0 Å². The number of hydrogen-bond acceptors (Lipinski definition) is 10. The molecule has 0 aliphatic rings. The molecule has 4 N–H and O–H groups in total. The molecule has 0 aliphatic carbocycles. The van der Waals surface area contributed by atoms with Gasteiger partial charge in [0.25, 0.3) is 20.2 Å². The van der Waals surface area contributed by atoms with E-state index in [2.05, 4.69) is 30.6 Å². The minimum atomic E-state index is -4.74. The summed E-state index contributed by atoms with van der Waals surface area (Å²) in [6.45, 7) is 0. The van der Waals surface area contributed by atoms with Crippen molar-refractivity contribution in [3.63, 3.8) is 0 Å². The Hall–Kier alpha value is -3.08. The Morgan fingerprint density at radius 3 is 1.30 bits per heavy atom. The molecule has 12 nitrogen and oxygen atoms in total. The van der Waals surface area contributed by atoms with Crippen LogP contribution in [0.15, 0.2) is 58.3 Å². The minimum Gasteiger partial charge on any atom is -0.340 e. The summed E-state index contributed by atoms with van der Waals surface area (Å²) in [7, 11) is -9.49. The van der Waals surface area contributed by atoms with Gasteiger partial charge in [0.2, 0.25) is 10.6 Å². The van der Waals surface area contributed by atoms with Gasteiger partial charge in [-0.3, -0.25) is 9.11 Å². The molecular formula is C22H14Cl4N6O6S2. The van der Waals surface area contributed by atoms with Crippen molar-refractivity contribution < 1.29 is 25.9 Å². The molecule has 0 fully saturated rings. The number of hydrogen-bond donors (Lipinski definition) is 4. The van der Waals surface area contributed by atoms with Gasteiger partial charge in [0.1, 0.15) is 31.7 Å². The number of nitrogens with one attached hydrogen (secondary N) is 2. The lowest BCUT2D eigenvalue weighted by molar-refractivity contribution is 0.480. The van der Waals surface area contributed by atoms with E-state index in [1.807, 2.05) is 0 Å². The molecule has 18 heteroatoms. The Labute approximate surface area is 247 Å². The van der Waals surface area contributed by atoms with Crippen LogP contribution in [0.1, 0.15) is 11.1 Å². The normalized spacial score (nSPS) is 12.1. The van der Waals surface area contributed by atoms with Crippen molar-refractivity contribution in [2.45, 2.75) is 9.79 Å². The van der Waals surface area contributed by atoms with Crippen molar-refractivity contribution >= 4 is 102 Å². The Morgan fingerprint density at radius 2 is 0.975 bits per heavy atom. The highest BCUT2D eigenvalue weighted by molar-refractivity contribution is 7.86. The number of halogens is 4. The fraction of sp³-hybridized carbons (Fsp3) is 0. The van der Waals surface area contributed by atoms with E-state index in [0.717, 1.165) is 12.1 Å². The quantitative estimate of drug-likeness (QED) is 0.0743. The molecule has 0 saturated heterocycles. The second kappa shape index (κ2) is 11.8. The monoisotopic (exact) mass is 662 g/mol. The minimum absolute atomic E-state index is 0.000519. The summed E-state index contributed by atoms with van der Waals surface area (Å²) < 4.78 is 68.1. The van der Waals surface area contributed by atoms with Crippen LogP contribution in [0.2, 0.25) is 20.9 Å². The van der Waals surface area contributed by atoms with Gasteiger partial charge >= 0.3 is 0 Å². The topological polar surface area (TPSA) is 184 Å². The van der Waals surface area contributed by atoms with Crippen LogP contribution >= 0.6 is 46.4 Å². The summed E-state index contributed by atoms with van der Waals surface area (Å²) in [4.78, 5) is 14.2. The average Bonchev–Trinajstić information content (AvgIpc) is 2.81. The van der Waals surface area contributed by atoms with E-state index in [1.54, 1.807) is 0 Å². The molecule has 0 atom stereocenters. The highest BCUT2D eigenvalue weighted by Gasteiger charge is 2.18. The third kappa shape index (κ3) is 7.77. The second-order valence-corrected chi connectivity index (χ2v) is 12.0. The van der Waals surface area contributed by atoms with Crippen LogP contribution in [-0.2, 0) is 20.2 Å². The SMILES string of the molecule is O=S(=O)(O)c1cc(Nc2cc(Cl)nc(Cl)n2)ccc1C=Cc1ccc(Nc2cc(Cl)nc(Cl)n2)cc1S(=O)(=O)O. The fourth-order valence-corrected chi connectivity index (χ4v) is 5.57. The maximum absolute atomic E-state index is 12.1. The smallest absolute Gasteiger partial charge is 0.295 e. The number of aromatic nitrogens is 4. The maximum Gasteiger partial charge on any atom is 0.295 e. The van der Waals surface area contributed by atoms with Gasteiger partial charge in [0, 0.05) is 23.5 Å². The first-order valence-electron chi connectivity index (χ1n) is 10.5. The summed E-state index contributed by atoms with van der Waals surface area (Å²) in [6, 6.07) is 10.5. The molecular weight excluding hydrogens is 650 g/mol. The second-order valence-electron chi connectivity index (χ2n) is 7.73. The number of rotatable bonds is 8. The molecule has 0 aliphatic heterocycles. The average molecular weight is 664 g/mol. The lowest BCUT2D eigenvalue weighted by Gasteiger charge is -2.11. The third-order valence-electron chi connectivity index (χ3n) is 4.91. The first kappa shape index (κ1) is 29.9. The zero-order valence-electron chi connectivity index (χ0n) is 19.4. The molecule has 2 aromatic heterocycles. The molecule has 0 radical (unpaired) electrons. The summed E-state index contributed by atoms with van der Waals surface area (Å²) in [5.41, 5.74) is 0.408. The van der Waals surface area contributed by atoms with Crippen LogP contribution in [0.25, 0.3) is 12.2 Å². The largest absolute Gasteiger partial charge is 0.340 e. The van der Waals surface area contributed by atoms with Crippen molar-refractivity contribution in [1.82, 2.24) is 19.9 Å². The summed E-state index contributed by atoms with van der Waals surface area (Å²) in [5, 5.41) is 5.38. The molecule has 4 rings (SSSR count). The molecule has 0 unspecified atom stereocenters. The maximum atomic E-state index is 12.1. The van der Waals surface area contributed by atoms with Gasteiger partial charge in [-0.2, -0.15) is 16.8 Å². The van der Waals surface area contributed by atoms with E-state index in [0.29, 0.717) is 0 Å². The van der Waals surface area contributed by atoms with Crippen LogP contribution in [0.5, 0.6) is 0 Å². The van der Waals surface area contributed by atoms with E-state index < -0.39 is 30.0 Å². The molecule has 0 spiro atoms. The van der Waals surface area contributed by atoms with Crippen LogP contribution in [0.3, 0.4) is 0 Å². The van der Waals surface area contributed by atoms with E-state index in [4.69, 9.17) is 46.4 Å². The van der Waals surface area contributed by atoms with Crippen molar-refractivity contribution in [3.8, 4) is 0 Å². The highest BCUT2D eigenvalue weighted by Crippen LogP contribution is 2.29. The van der Waals surface area contributed by atoms with Crippen molar-refractivity contribution in [1.29, 1.82) is 0 Å².